The van der Waals surface area contributed by atoms with Crippen molar-refractivity contribution in [1.82, 2.24) is 34.3 Å². The number of alkyl halides is 3. The van der Waals surface area contributed by atoms with Crippen LogP contribution < -0.4 is 9.80 Å². The third-order valence-corrected chi connectivity index (χ3v) is 11.9. The summed E-state index contributed by atoms with van der Waals surface area (Å²) in [6.07, 6.45) is 3.84. The number of fused-ring (bicyclic) bond motifs is 4. The largest absolute Gasteiger partial charge is 0.416 e. The van der Waals surface area contributed by atoms with Gasteiger partial charge in [0.05, 0.1) is 24.7 Å². The van der Waals surface area contributed by atoms with Gasteiger partial charge in [0.2, 0.25) is 11.8 Å². The second kappa shape index (κ2) is 13.8. The SMILES string of the molecule is CC(=O)N1CCc2c(c(N3CCC(CC(C)n4nc(N5CCCc6ccc(C(F)(F)F)cc65)c5c4CCN(C(C)=O)C5)c4cnccc43)nn2C(C)C)C1. The van der Waals surface area contributed by atoms with Crippen LogP contribution in [0.4, 0.5) is 36.2 Å². The van der Waals surface area contributed by atoms with Crippen molar-refractivity contribution < 1.29 is 22.8 Å². The molecule has 11 nitrogen and oxygen atoms in total. The maximum atomic E-state index is 13.9. The Morgan fingerprint density at radius 2 is 1.44 bits per heavy atom. The minimum atomic E-state index is -4.46. The van der Waals surface area contributed by atoms with E-state index in [9.17, 15) is 22.8 Å². The van der Waals surface area contributed by atoms with E-state index in [1.165, 1.54) is 17.8 Å². The maximum Gasteiger partial charge on any atom is 0.416 e. The van der Waals surface area contributed by atoms with Crippen molar-refractivity contribution in [2.75, 3.05) is 36.0 Å². The van der Waals surface area contributed by atoms with E-state index in [0.717, 1.165) is 71.7 Å². The zero-order valence-corrected chi connectivity index (χ0v) is 31.7. The van der Waals surface area contributed by atoms with Crippen LogP contribution in [-0.2, 0) is 48.1 Å². The molecule has 4 aromatic rings. The summed E-state index contributed by atoms with van der Waals surface area (Å²) in [5.74, 6) is 1.75. The summed E-state index contributed by atoms with van der Waals surface area (Å²) in [6, 6.07) is 6.22. The summed E-state index contributed by atoms with van der Waals surface area (Å²) in [5.41, 5.74) is 7.19. The lowest BCUT2D eigenvalue weighted by Gasteiger charge is -2.36. The average Bonchev–Trinajstić information content (AvgIpc) is 3.73. The van der Waals surface area contributed by atoms with Crippen LogP contribution in [0.15, 0.2) is 36.7 Å². The molecule has 8 rings (SSSR count). The molecular weight excluding hydrogens is 695 g/mol. The van der Waals surface area contributed by atoms with Crippen LogP contribution in [0.3, 0.4) is 0 Å². The number of anilines is 4. The van der Waals surface area contributed by atoms with Gasteiger partial charge in [0.25, 0.3) is 0 Å². The molecule has 4 aliphatic heterocycles. The molecule has 2 atom stereocenters. The van der Waals surface area contributed by atoms with Crippen molar-refractivity contribution in [2.24, 2.45) is 0 Å². The minimum absolute atomic E-state index is 0.0323. The number of carbonyl (C=O) groups excluding carboxylic acids is 2. The van der Waals surface area contributed by atoms with Gasteiger partial charge in [-0.3, -0.25) is 23.9 Å². The van der Waals surface area contributed by atoms with E-state index >= 15 is 0 Å². The second-order valence-corrected chi connectivity index (χ2v) is 15.6. The molecule has 0 spiro atoms. The van der Waals surface area contributed by atoms with Gasteiger partial charge in [0, 0.05) is 105 Å². The Balaban J connectivity index is 1.13. The number of aryl methyl sites for hydroxylation is 1. The molecule has 2 amide bonds. The normalized spacial score (nSPS) is 19.0. The fourth-order valence-corrected chi connectivity index (χ4v) is 9.09. The molecule has 54 heavy (non-hydrogen) atoms. The van der Waals surface area contributed by atoms with Crippen molar-refractivity contribution in [2.45, 2.75) is 110 Å². The molecule has 0 N–H and O–H groups in total. The summed E-state index contributed by atoms with van der Waals surface area (Å²) in [7, 11) is 0. The Morgan fingerprint density at radius 1 is 0.815 bits per heavy atom. The number of amides is 2. The van der Waals surface area contributed by atoms with Crippen LogP contribution in [-0.4, -0.2) is 72.3 Å². The van der Waals surface area contributed by atoms with Crippen LogP contribution in [0, 0.1) is 0 Å². The predicted octanol–water partition coefficient (Wildman–Crippen LogP) is 7.24. The first-order chi connectivity index (χ1) is 25.8. The second-order valence-electron chi connectivity index (χ2n) is 15.6. The average molecular weight is 744 g/mol. The smallest absolute Gasteiger partial charge is 0.338 e. The molecular formula is C40H48F3N9O2. The van der Waals surface area contributed by atoms with Gasteiger partial charge in [-0.05, 0) is 81.7 Å². The van der Waals surface area contributed by atoms with E-state index in [2.05, 4.69) is 46.1 Å². The molecule has 0 saturated heterocycles. The Labute approximate surface area is 313 Å². The van der Waals surface area contributed by atoms with E-state index in [1.54, 1.807) is 24.8 Å². The lowest BCUT2D eigenvalue weighted by atomic mass is 9.86. The van der Waals surface area contributed by atoms with E-state index in [4.69, 9.17) is 10.2 Å². The first-order valence-corrected chi connectivity index (χ1v) is 19.2. The molecule has 0 bridgehead atoms. The van der Waals surface area contributed by atoms with Crippen LogP contribution in [0.1, 0.15) is 111 Å². The fraction of sp³-hybridized carbons (Fsp3) is 0.525. The molecule has 7 heterocycles. The standard InChI is InChI=1S/C40H48F3N9O2/c1-24(2)51-35-12-16-47(26(4)53)22-32(35)38(45-51)50-18-11-29(31-21-44-14-10-34(31)50)19-25(3)52-36-13-17-48(27(5)54)23-33(36)39(46-52)49-15-6-7-28-8-9-30(20-37(28)49)40(41,42)43/h8-10,14,20-21,24-25,29H,6-7,11-13,15-19,22-23H2,1-5H3. The highest BCUT2D eigenvalue weighted by Gasteiger charge is 2.38. The lowest BCUT2D eigenvalue weighted by molar-refractivity contribution is -0.137. The Hall–Kier alpha value is -4.88. The zero-order chi connectivity index (χ0) is 38.1. The molecule has 1 aromatic carbocycles. The van der Waals surface area contributed by atoms with Crippen LogP contribution in [0.25, 0.3) is 0 Å². The molecule has 4 aliphatic rings. The van der Waals surface area contributed by atoms with Crippen molar-refractivity contribution in [3.8, 4) is 0 Å². The third-order valence-electron chi connectivity index (χ3n) is 11.9. The summed E-state index contributed by atoms with van der Waals surface area (Å²) in [6.45, 7) is 13.1. The summed E-state index contributed by atoms with van der Waals surface area (Å²) in [4.78, 5) is 37.5. The van der Waals surface area contributed by atoms with Gasteiger partial charge in [-0.15, -0.1) is 0 Å². The van der Waals surface area contributed by atoms with Crippen LogP contribution in [0.2, 0.25) is 0 Å². The van der Waals surface area contributed by atoms with E-state index in [1.807, 2.05) is 22.2 Å². The molecule has 286 valence electrons. The number of hydrogen-bond donors (Lipinski definition) is 0. The summed E-state index contributed by atoms with van der Waals surface area (Å²) in [5, 5.41) is 10.4. The number of carbonyl (C=O) groups is 2. The number of halogens is 3. The lowest BCUT2D eigenvalue weighted by Crippen LogP contribution is -2.36. The quantitative estimate of drug-likeness (QED) is 0.206. The third kappa shape index (κ3) is 6.30. The van der Waals surface area contributed by atoms with Gasteiger partial charge >= 0.3 is 6.18 Å². The first-order valence-electron chi connectivity index (χ1n) is 19.2. The summed E-state index contributed by atoms with van der Waals surface area (Å²) >= 11 is 0. The van der Waals surface area contributed by atoms with Crippen LogP contribution in [0.5, 0.6) is 0 Å². The Bertz CT molecular complexity index is 2100. The van der Waals surface area contributed by atoms with Gasteiger partial charge in [-0.1, -0.05) is 6.07 Å². The van der Waals surface area contributed by atoms with Gasteiger partial charge in [-0.2, -0.15) is 23.4 Å². The van der Waals surface area contributed by atoms with E-state index in [-0.39, 0.29) is 29.8 Å². The van der Waals surface area contributed by atoms with E-state index < -0.39 is 11.7 Å². The maximum absolute atomic E-state index is 13.9. The van der Waals surface area contributed by atoms with Crippen molar-refractivity contribution in [3.05, 3.63) is 75.9 Å². The topological polar surface area (TPSA) is 95.6 Å². The molecule has 0 fully saturated rings. The fourth-order valence-electron chi connectivity index (χ4n) is 9.09. The highest BCUT2D eigenvalue weighted by molar-refractivity contribution is 5.76. The van der Waals surface area contributed by atoms with Gasteiger partial charge in [0.15, 0.2) is 11.6 Å². The van der Waals surface area contributed by atoms with E-state index in [0.29, 0.717) is 57.1 Å². The molecule has 14 heteroatoms. The van der Waals surface area contributed by atoms with Crippen LogP contribution >= 0.6 is 0 Å². The number of hydrogen-bond acceptors (Lipinski definition) is 7. The van der Waals surface area contributed by atoms with Crippen molar-refractivity contribution in [3.63, 3.8) is 0 Å². The Kier molecular flexibility index (Phi) is 9.20. The highest BCUT2D eigenvalue weighted by Crippen LogP contribution is 2.46. The zero-order valence-electron chi connectivity index (χ0n) is 31.7. The number of pyridine rings is 1. The number of rotatable bonds is 6. The van der Waals surface area contributed by atoms with Gasteiger partial charge in [0.1, 0.15) is 0 Å². The molecule has 3 aromatic heterocycles. The summed E-state index contributed by atoms with van der Waals surface area (Å²) < 4.78 is 45.9. The minimum Gasteiger partial charge on any atom is -0.338 e. The monoisotopic (exact) mass is 743 g/mol. The van der Waals surface area contributed by atoms with Crippen molar-refractivity contribution >= 4 is 34.8 Å². The first kappa shape index (κ1) is 36.1. The molecule has 0 radical (unpaired) electrons. The Morgan fingerprint density at radius 3 is 2.07 bits per heavy atom. The highest BCUT2D eigenvalue weighted by atomic mass is 19.4. The van der Waals surface area contributed by atoms with Gasteiger partial charge < -0.3 is 19.6 Å². The van der Waals surface area contributed by atoms with Gasteiger partial charge in [-0.25, -0.2) is 0 Å². The molecule has 0 aliphatic carbocycles. The predicted molar refractivity (Wildman–Crippen MR) is 199 cm³/mol. The molecule has 0 saturated carbocycles. The van der Waals surface area contributed by atoms with Crippen molar-refractivity contribution in [1.29, 1.82) is 0 Å². The number of nitrogens with zero attached hydrogens (tertiary/aromatic N) is 9. The molecule has 2 unspecified atom stereocenters. The number of aromatic nitrogens is 5. The number of benzene rings is 1.